The summed E-state index contributed by atoms with van der Waals surface area (Å²) in [5.41, 5.74) is -5.95. The first-order valence-electron chi connectivity index (χ1n) is 6.23. The Morgan fingerprint density at radius 3 is 0.677 bits per heavy atom. The van der Waals surface area contributed by atoms with E-state index in [1.54, 1.807) is 0 Å². The molecule has 0 aliphatic rings. The fourth-order valence-electron chi connectivity index (χ4n) is 1.37. The number of carbonyl (C=O) groups is 6. The van der Waals surface area contributed by atoms with Crippen molar-refractivity contribution in [3.8, 4) is 0 Å². The van der Waals surface area contributed by atoms with E-state index in [4.69, 9.17) is 10.2 Å². The fraction of sp³-hybridized carbons (Fsp3) is 0.500. The maximum absolute atomic E-state index is 10.1. The smallest absolute Gasteiger partial charge is 0.114 e. The van der Waals surface area contributed by atoms with Crippen LogP contribution in [0.15, 0.2) is 0 Å². The predicted molar refractivity (Wildman–Crippen MR) is 65.6 cm³/mol. The van der Waals surface area contributed by atoms with Crippen LogP contribution in [0.1, 0.15) is 25.7 Å². The molecular formula is C12H14Co3O16-6. The molecule has 0 aromatic heterocycles. The first kappa shape index (κ1) is 47.1. The average molecular weight is 591 g/mol. The normalized spacial score (nSPS) is 9.10. The van der Waals surface area contributed by atoms with Crippen molar-refractivity contribution in [1.29, 1.82) is 0 Å². The molecule has 0 amide bonds. The standard InChI is InChI=1S/2C6H8O7.3Co.2H2O/c2*7-3(8)1-6(13,5(11)12)2-4(9)10;;;;;/h2*13H,1-2H2,(H,7,8)(H,9,10)(H,11,12);;;;2*1H2/p-6. The minimum Gasteiger partial charge on any atom is -0.550 e. The van der Waals surface area contributed by atoms with Gasteiger partial charge in [0.1, 0.15) is 11.2 Å². The number of carboxylic acid groups (broad SMARTS) is 6. The fourth-order valence-corrected chi connectivity index (χ4v) is 1.37. The summed E-state index contributed by atoms with van der Waals surface area (Å²) in [6, 6.07) is 0. The summed E-state index contributed by atoms with van der Waals surface area (Å²) < 4.78 is 0. The minimum absolute atomic E-state index is 0. The van der Waals surface area contributed by atoms with Gasteiger partial charge in [-0.2, -0.15) is 0 Å². The van der Waals surface area contributed by atoms with Gasteiger partial charge < -0.3 is 80.6 Å². The van der Waals surface area contributed by atoms with Gasteiger partial charge in [0.2, 0.25) is 0 Å². The van der Waals surface area contributed by atoms with E-state index in [0.29, 0.717) is 0 Å². The topological polar surface area (TPSA) is 344 Å². The zero-order valence-corrected chi connectivity index (χ0v) is 17.7. The molecule has 191 valence electrons. The molecule has 0 heterocycles. The van der Waals surface area contributed by atoms with Crippen molar-refractivity contribution < 1.29 is 131 Å². The summed E-state index contributed by atoms with van der Waals surface area (Å²) in [7, 11) is 0. The van der Waals surface area contributed by atoms with Crippen LogP contribution < -0.4 is 30.6 Å². The third kappa shape index (κ3) is 21.2. The molecule has 0 bridgehead atoms. The van der Waals surface area contributed by atoms with Crippen LogP contribution in [0.4, 0.5) is 0 Å². The number of aliphatic carboxylic acids is 6. The third-order valence-corrected chi connectivity index (χ3v) is 2.51. The van der Waals surface area contributed by atoms with E-state index in [1.165, 1.54) is 0 Å². The van der Waals surface area contributed by atoms with Crippen molar-refractivity contribution in [2.75, 3.05) is 0 Å². The van der Waals surface area contributed by atoms with Crippen LogP contribution in [-0.4, -0.2) is 68.2 Å². The number of aliphatic hydroxyl groups is 2. The van der Waals surface area contributed by atoms with Crippen molar-refractivity contribution in [1.82, 2.24) is 0 Å². The molecule has 31 heavy (non-hydrogen) atoms. The molecule has 3 radical (unpaired) electrons. The Bertz CT molecular complexity index is 523. The molecule has 0 atom stereocenters. The Labute approximate surface area is 203 Å². The number of rotatable bonds is 10. The van der Waals surface area contributed by atoms with Crippen LogP contribution in [0.5, 0.6) is 0 Å². The third-order valence-electron chi connectivity index (χ3n) is 2.51. The molecule has 0 spiro atoms. The van der Waals surface area contributed by atoms with Crippen molar-refractivity contribution in [2.24, 2.45) is 0 Å². The van der Waals surface area contributed by atoms with Gasteiger partial charge in [0.25, 0.3) is 0 Å². The van der Waals surface area contributed by atoms with Crippen molar-refractivity contribution >= 4 is 35.8 Å². The molecule has 0 aromatic rings. The van der Waals surface area contributed by atoms with E-state index < -0.39 is 72.7 Å². The van der Waals surface area contributed by atoms with E-state index in [1.807, 2.05) is 0 Å². The van der Waals surface area contributed by atoms with Gasteiger partial charge in [-0.3, -0.25) is 0 Å². The first-order valence-corrected chi connectivity index (χ1v) is 6.23. The Morgan fingerprint density at radius 1 is 0.484 bits per heavy atom. The second kappa shape index (κ2) is 20.1. The molecule has 0 saturated carbocycles. The summed E-state index contributed by atoms with van der Waals surface area (Å²) in [6.45, 7) is 0. The Balaban J connectivity index is -0.0000000640. The van der Waals surface area contributed by atoms with Gasteiger partial charge in [0.05, 0.1) is 11.9 Å². The van der Waals surface area contributed by atoms with Crippen LogP contribution in [0.25, 0.3) is 0 Å². The van der Waals surface area contributed by atoms with Crippen LogP contribution in [0, 0.1) is 0 Å². The maximum Gasteiger partial charge on any atom is 0.114 e. The van der Waals surface area contributed by atoms with Crippen molar-refractivity contribution in [3.05, 3.63) is 0 Å². The Hall–Kier alpha value is -1.82. The van der Waals surface area contributed by atoms with E-state index in [2.05, 4.69) is 0 Å². The predicted octanol–water partition coefficient (Wildman–Crippen LogP) is -12.2. The number of carbonyl (C=O) groups excluding carboxylic acids is 6. The molecule has 16 nitrogen and oxygen atoms in total. The monoisotopic (exact) mass is 591 g/mol. The van der Waals surface area contributed by atoms with E-state index in [9.17, 15) is 59.4 Å². The zero-order chi connectivity index (χ0) is 21.3. The molecule has 19 heteroatoms. The molecule has 0 rings (SSSR count). The molecule has 0 aliphatic heterocycles. The molecule has 0 fully saturated rings. The molecule has 0 aromatic carbocycles. The average Bonchev–Trinajstić information content (AvgIpc) is 2.34. The number of hydrogen-bond donors (Lipinski definition) is 2. The summed E-state index contributed by atoms with van der Waals surface area (Å²) in [5.74, 6) is -12.0. The summed E-state index contributed by atoms with van der Waals surface area (Å²) in [5, 5.41) is 77.9. The van der Waals surface area contributed by atoms with Gasteiger partial charge in [-0.25, -0.2) is 0 Å². The largest absolute Gasteiger partial charge is 0.550 e. The SMILES string of the molecule is O.O.O=C([O-])CC(O)(CC(=O)[O-])C(=O)[O-].O=C([O-])CC(O)(CC(=O)[O-])C(=O)[O-].[Co].[Co].[Co]. The van der Waals surface area contributed by atoms with Gasteiger partial charge in [-0.05, 0) is 0 Å². The molecule has 0 saturated heterocycles. The van der Waals surface area contributed by atoms with Crippen LogP contribution in [0.2, 0.25) is 0 Å². The van der Waals surface area contributed by atoms with Crippen LogP contribution in [0.3, 0.4) is 0 Å². The Kier molecular flexibility index (Phi) is 30.5. The summed E-state index contributed by atoms with van der Waals surface area (Å²) in [6.07, 6.45) is -5.43. The van der Waals surface area contributed by atoms with Gasteiger partial charge in [-0.1, -0.05) is 0 Å². The first-order chi connectivity index (χ1) is 11.6. The van der Waals surface area contributed by atoms with Gasteiger partial charge >= 0.3 is 0 Å². The Morgan fingerprint density at radius 2 is 0.613 bits per heavy atom. The number of hydrogen-bond acceptors (Lipinski definition) is 14. The van der Waals surface area contributed by atoms with Gasteiger partial charge in [0.15, 0.2) is 0 Å². The maximum atomic E-state index is 10.1. The summed E-state index contributed by atoms with van der Waals surface area (Å²) >= 11 is 0. The second-order valence-corrected chi connectivity index (χ2v) is 4.83. The zero-order valence-electron chi connectivity index (χ0n) is 14.6. The quantitative estimate of drug-likeness (QED) is 0.238. The van der Waals surface area contributed by atoms with E-state index >= 15 is 0 Å². The van der Waals surface area contributed by atoms with E-state index in [0.717, 1.165) is 0 Å². The second-order valence-electron chi connectivity index (χ2n) is 4.83. The molecule has 6 N–H and O–H groups in total. The van der Waals surface area contributed by atoms with E-state index in [-0.39, 0.29) is 61.3 Å². The van der Waals surface area contributed by atoms with Crippen LogP contribution in [-0.2, 0) is 79.1 Å². The molecule has 0 aliphatic carbocycles. The molecular weight excluding hydrogens is 577 g/mol. The van der Waals surface area contributed by atoms with Crippen LogP contribution >= 0.6 is 0 Å². The molecule has 0 unspecified atom stereocenters. The van der Waals surface area contributed by atoms with Gasteiger partial charge in [0, 0.05) is 99.9 Å². The van der Waals surface area contributed by atoms with Gasteiger partial charge in [-0.15, -0.1) is 0 Å². The minimum atomic E-state index is -2.97. The van der Waals surface area contributed by atoms with Crippen molar-refractivity contribution in [2.45, 2.75) is 36.9 Å². The summed E-state index contributed by atoms with van der Waals surface area (Å²) in [4.78, 5) is 60.0. The number of carboxylic acids is 6. The van der Waals surface area contributed by atoms with Crippen molar-refractivity contribution in [3.63, 3.8) is 0 Å².